The number of hydrogen-bond donors (Lipinski definition) is 1. The molecule has 4 heteroatoms. The lowest BCUT2D eigenvalue weighted by Crippen LogP contribution is -2.42. The Morgan fingerprint density at radius 3 is 2.38 bits per heavy atom. The third-order valence-electron chi connectivity index (χ3n) is 4.67. The van der Waals surface area contributed by atoms with Gasteiger partial charge in [0.25, 0.3) is 0 Å². The Kier molecular flexibility index (Phi) is 5.64. The van der Waals surface area contributed by atoms with Crippen LogP contribution >= 0.6 is 0 Å². The number of nitrogens with one attached hydrogen (secondary N) is 1. The Hall–Kier alpha value is -2.72. The molecule has 3 rings (SSSR count). The van der Waals surface area contributed by atoms with Crippen molar-refractivity contribution >= 4 is 16.7 Å². The minimum absolute atomic E-state index is 0.0439. The second-order valence-electron chi connectivity index (χ2n) is 6.62. The Balaban J connectivity index is 1.57. The first-order valence-corrected chi connectivity index (χ1v) is 8.73. The lowest BCUT2D eigenvalue weighted by Gasteiger charge is -2.24. The quantitative estimate of drug-likeness (QED) is 0.725. The van der Waals surface area contributed by atoms with Crippen molar-refractivity contribution in [3.05, 3.63) is 83.7 Å². The van der Waals surface area contributed by atoms with Crippen molar-refractivity contribution in [2.45, 2.75) is 26.1 Å². The van der Waals surface area contributed by atoms with Crippen molar-refractivity contribution in [2.75, 3.05) is 7.05 Å². The van der Waals surface area contributed by atoms with Gasteiger partial charge < -0.3 is 5.32 Å². The number of nitrogens with zero attached hydrogens (tertiary/aromatic N) is 1. The molecule has 26 heavy (non-hydrogen) atoms. The molecule has 3 aromatic carbocycles. The van der Waals surface area contributed by atoms with Crippen LogP contribution in [-0.2, 0) is 17.9 Å². The van der Waals surface area contributed by atoms with Gasteiger partial charge in [0.15, 0.2) is 0 Å². The molecule has 134 valence electrons. The van der Waals surface area contributed by atoms with Crippen LogP contribution in [0.25, 0.3) is 10.8 Å². The number of halogens is 1. The standard InChI is InChI=1S/C22H23FN2O/c1-16(22(26)24-14-17-8-11-21(23)12-9-17)25(2)15-18-7-10-19-5-3-4-6-20(19)13-18/h3-13,16H,14-15H2,1-2H3,(H,24,26)/t16-/m0/s1. The maximum atomic E-state index is 12.9. The maximum Gasteiger partial charge on any atom is 0.237 e. The topological polar surface area (TPSA) is 32.3 Å². The summed E-state index contributed by atoms with van der Waals surface area (Å²) in [5.41, 5.74) is 2.05. The van der Waals surface area contributed by atoms with Gasteiger partial charge in [-0.15, -0.1) is 0 Å². The summed E-state index contributed by atoms with van der Waals surface area (Å²) in [7, 11) is 1.94. The van der Waals surface area contributed by atoms with E-state index in [1.807, 2.05) is 31.0 Å². The maximum absolute atomic E-state index is 12.9. The largest absolute Gasteiger partial charge is 0.351 e. The second-order valence-corrected chi connectivity index (χ2v) is 6.62. The van der Waals surface area contributed by atoms with Crippen LogP contribution in [-0.4, -0.2) is 23.9 Å². The zero-order chi connectivity index (χ0) is 18.5. The highest BCUT2D eigenvalue weighted by molar-refractivity contribution is 5.83. The normalized spacial score (nSPS) is 12.3. The summed E-state index contributed by atoms with van der Waals surface area (Å²) in [5.74, 6) is -0.318. The Morgan fingerprint density at radius 2 is 1.65 bits per heavy atom. The van der Waals surface area contributed by atoms with Crippen molar-refractivity contribution in [3.8, 4) is 0 Å². The molecule has 0 spiro atoms. The summed E-state index contributed by atoms with van der Waals surface area (Å²) in [6, 6.07) is 20.5. The van der Waals surface area contributed by atoms with Gasteiger partial charge in [-0.1, -0.05) is 48.5 Å². The smallest absolute Gasteiger partial charge is 0.237 e. The highest BCUT2D eigenvalue weighted by Gasteiger charge is 2.18. The molecule has 0 saturated heterocycles. The van der Waals surface area contributed by atoms with Crippen molar-refractivity contribution in [2.24, 2.45) is 0 Å². The molecular weight excluding hydrogens is 327 g/mol. The Labute approximate surface area is 153 Å². The van der Waals surface area contributed by atoms with Crippen molar-refractivity contribution in [1.82, 2.24) is 10.2 Å². The highest BCUT2D eigenvalue weighted by atomic mass is 19.1. The molecule has 0 fully saturated rings. The molecular formula is C22H23FN2O. The molecule has 0 aliphatic carbocycles. The number of rotatable bonds is 6. The van der Waals surface area contributed by atoms with E-state index in [4.69, 9.17) is 0 Å². The first-order chi connectivity index (χ1) is 12.5. The summed E-state index contributed by atoms with van der Waals surface area (Å²) in [4.78, 5) is 14.4. The van der Waals surface area contributed by atoms with E-state index in [1.165, 1.54) is 28.5 Å². The summed E-state index contributed by atoms with van der Waals surface area (Å²) in [5, 5.41) is 5.32. The molecule has 0 radical (unpaired) electrons. The van der Waals surface area contributed by atoms with E-state index in [0.717, 1.165) is 5.56 Å². The van der Waals surface area contributed by atoms with E-state index in [1.54, 1.807) is 12.1 Å². The van der Waals surface area contributed by atoms with Crippen molar-refractivity contribution < 1.29 is 9.18 Å². The number of fused-ring (bicyclic) bond motifs is 1. The van der Waals surface area contributed by atoms with E-state index in [9.17, 15) is 9.18 Å². The third kappa shape index (κ3) is 4.46. The van der Waals surface area contributed by atoms with Gasteiger partial charge in [-0.25, -0.2) is 4.39 Å². The number of likely N-dealkylation sites (N-methyl/N-ethyl adjacent to an activating group) is 1. The SMILES string of the molecule is C[C@@H](C(=O)NCc1ccc(F)cc1)N(C)Cc1ccc2ccccc2c1. The summed E-state index contributed by atoms with van der Waals surface area (Å²) >= 11 is 0. The number of carbonyl (C=O) groups excluding carboxylic acids is 1. The zero-order valence-electron chi connectivity index (χ0n) is 15.1. The van der Waals surface area contributed by atoms with Gasteiger partial charge in [0, 0.05) is 13.1 Å². The number of hydrogen-bond acceptors (Lipinski definition) is 2. The van der Waals surface area contributed by atoms with E-state index in [0.29, 0.717) is 13.1 Å². The molecule has 1 N–H and O–H groups in total. The highest BCUT2D eigenvalue weighted by Crippen LogP contribution is 2.17. The fourth-order valence-electron chi connectivity index (χ4n) is 2.90. The van der Waals surface area contributed by atoms with Gasteiger partial charge in [-0.3, -0.25) is 9.69 Å². The van der Waals surface area contributed by atoms with E-state index in [2.05, 4.69) is 35.6 Å². The Morgan fingerprint density at radius 1 is 1.00 bits per heavy atom. The van der Waals surface area contributed by atoms with Gasteiger partial charge in [0.2, 0.25) is 5.91 Å². The lowest BCUT2D eigenvalue weighted by molar-refractivity contribution is -0.125. The van der Waals surface area contributed by atoms with E-state index >= 15 is 0 Å². The molecule has 0 saturated carbocycles. The number of amides is 1. The molecule has 3 nitrogen and oxygen atoms in total. The minimum Gasteiger partial charge on any atom is -0.351 e. The van der Waals surface area contributed by atoms with Crippen LogP contribution in [0.5, 0.6) is 0 Å². The average Bonchev–Trinajstić information content (AvgIpc) is 2.66. The van der Waals surface area contributed by atoms with Gasteiger partial charge in [0.05, 0.1) is 6.04 Å². The lowest BCUT2D eigenvalue weighted by atomic mass is 10.1. The Bertz CT molecular complexity index is 892. The first-order valence-electron chi connectivity index (χ1n) is 8.73. The number of benzene rings is 3. The first kappa shape index (κ1) is 18.1. The van der Waals surface area contributed by atoms with Crippen molar-refractivity contribution in [3.63, 3.8) is 0 Å². The van der Waals surface area contributed by atoms with E-state index < -0.39 is 0 Å². The van der Waals surface area contributed by atoms with Crippen LogP contribution in [0.15, 0.2) is 66.7 Å². The van der Waals surface area contributed by atoms with Crippen LogP contribution in [0, 0.1) is 5.82 Å². The molecule has 0 aliphatic rings. The number of carbonyl (C=O) groups is 1. The predicted molar refractivity (Wildman–Crippen MR) is 103 cm³/mol. The van der Waals surface area contributed by atoms with Crippen molar-refractivity contribution in [1.29, 1.82) is 0 Å². The van der Waals surface area contributed by atoms with Gasteiger partial charge in [0.1, 0.15) is 5.82 Å². The molecule has 0 unspecified atom stereocenters. The van der Waals surface area contributed by atoms with Gasteiger partial charge in [-0.05, 0) is 54.1 Å². The van der Waals surface area contributed by atoms with Crippen LogP contribution in [0.1, 0.15) is 18.1 Å². The zero-order valence-corrected chi connectivity index (χ0v) is 15.1. The van der Waals surface area contributed by atoms with Crippen LogP contribution in [0.2, 0.25) is 0 Å². The van der Waals surface area contributed by atoms with Gasteiger partial charge >= 0.3 is 0 Å². The molecule has 0 aliphatic heterocycles. The molecule has 3 aromatic rings. The monoisotopic (exact) mass is 350 g/mol. The molecule has 0 heterocycles. The van der Waals surface area contributed by atoms with E-state index in [-0.39, 0.29) is 17.8 Å². The summed E-state index contributed by atoms with van der Waals surface area (Å²) in [6.45, 7) is 2.98. The van der Waals surface area contributed by atoms with Crippen LogP contribution in [0.3, 0.4) is 0 Å². The molecule has 1 atom stereocenters. The molecule has 0 bridgehead atoms. The van der Waals surface area contributed by atoms with Crippen LogP contribution in [0.4, 0.5) is 4.39 Å². The predicted octanol–water partition coefficient (Wildman–Crippen LogP) is 4.12. The molecule has 1 amide bonds. The minimum atomic E-state index is -0.274. The molecule has 0 aromatic heterocycles. The second kappa shape index (κ2) is 8.11. The van der Waals surface area contributed by atoms with Crippen LogP contribution < -0.4 is 5.32 Å². The fourth-order valence-corrected chi connectivity index (χ4v) is 2.90. The van der Waals surface area contributed by atoms with Gasteiger partial charge in [-0.2, -0.15) is 0 Å². The fraction of sp³-hybridized carbons (Fsp3) is 0.227. The summed E-state index contributed by atoms with van der Waals surface area (Å²) in [6.07, 6.45) is 0. The third-order valence-corrected chi connectivity index (χ3v) is 4.67. The average molecular weight is 350 g/mol. The summed E-state index contributed by atoms with van der Waals surface area (Å²) < 4.78 is 12.9.